The van der Waals surface area contributed by atoms with Crippen LogP contribution in [0.25, 0.3) is 11.0 Å². The molecule has 0 saturated carbocycles. The molecule has 0 aliphatic carbocycles. The van der Waals surface area contributed by atoms with Gasteiger partial charge in [0.15, 0.2) is 0 Å². The maximum absolute atomic E-state index is 13.6. The number of nitrogen functional groups attached to an aromatic ring is 1. The monoisotopic (exact) mass is 555 g/mol. The van der Waals surface area contributed by atoms with Crippen LogP contribution in [-0.2, 0) is 19.6 Å². The first kappa shape index (κ1) is 27.2. The highest BCUT2D eigenvalue weighted by Gasteiger charge is 2.20. The van der Waals surface area contributed by atoms with Crippen molar-refractivity contribution in [1.29, 1.82) is 0 Å². The number of aromatic nitrogens is 5. The molecule has 0 unspecified atom stereocenters. The molecule has 5 rings (SSSR count). The fourth-order valence-corrected chi connectivity index (χ4v) is 4.50. The van der Waals surface area contributed by atoms with Gasteiger partial charge in [0.25, 0.3) is 5.91 Å². The Bertz CT molecular complexity index is 1810. The number of nitrogens with two attached hydrogens (primary N) is 1. The van der Waals surface area contributed by atoms with Gasteiger partial charge in [-0.05, 0) is 47.5 Å². The zero-order valence-corrected chi connectivity index (χ0v) is 22.6. The van der Waals surface area contributed by atoms with Crippen molar-refractivity contribution in [2.24, 2.45) is 0 Å². The Labute approximate surface area is 234 Å². The fraction of sp³-hybridized carbons (Fsp3) is 0.207. The molecule has 41 heavy (non-hydrogen) atoms. The largest absolute Gasteiger partial charge is 0.497 e. The lowest BCUT2D eigenvalue weighted by atomic mass is 10.2. The third-order valence-electron chi connectivity index (χ3n) is 6.66. The van der Waals surface area contributed by atoms with Crippen LogP contribution in [0.15, 0.2) is 82.4 Å². The minimum absolute atomic E-state index is 0.0145. The molecule has 2 aromatic heterocycles. The van der Waals surface area contributed by atoms with E-state index in [1.807, 2.05) is 24.3 Å². The Hall–Kier alpha value is -5.39. The molecule has 5 aromatic rings. The van der Waals surface area contributed by atoms with Crippen LogP contribution in [-0.4, -0.2) is 50.3 Å². The summed E-state index contributed by atoms with van der Waals surface area (Å²) >= 11 is 0. The van der Waals surface area contributed by atoms with E-state index in [4.69, 9.17) is 15.2 Å². The summed E-state index contributed by atoms with van der Waals surface area (Å²) in [6.45, 7) is 0.485. The first-order chi connectivity index (χ1) is 19.9. The number of benzene rings is 3. The second kappa shape index (κ2) is 11.8. The van der Waals surface area contributed by atoms with Crippen molar-refractivity contribution < 1.29 is 14.3 Å². The average molecular weight is 556 g/mol. The van der Waals surface area contributed by atoms with Crippen LogP contribution in [0, 0.1) is 0 Å². The smallest absolute Gasteiger partial charge is 0.354 e. The third-order valence-corrected chi connectivity index (χ3v) is 6.66. The molecule has 210 valence electrons. The van der Waals surface area contributed by atoms with E-state index in [1.54, 1.807) is 67.3 Å². The number of carbonyl (C=O) groups excluding carboxylic acids is 1. The van der Waals surface area contributed by atoms with E-state index < -0.39 is 17.3 Å². The van der Waals surface area contributed by atoms with Gasteiger partial charge in [-0.3, -0.25) is 9.36 Å². The number of rotatable bonds is 10. The number of ether oxygens (including phenoxy) is 2. The summed E-state index contributed by atoms with van der Waals surface area (Å²) in [6, 6.07) is 21.5. The summed E-state index contributed by atoms with van der Waals surface area (Å²) in [7, 11) is 3.11. The molecule has 0 aliphatic heterocycles. The SMILES string of the molecule is COc1ccc(Cn2c(C(=O)NCCn3c(N)nc4ccccc43)nc(=O)n(Cc3ccc(OC)cc3)c2=O)cc1. The first-order valence-electron chi connectivity index (χ1n) is 12.8. The van der Waals surface area contributed by atoms with Gasteiger partial charge < -0.3 is 25.1 Å². The van der Waals surface area contributed by atoms with Gasteiger partial charge in [-0.1, -0.05) is 36.4 Å². The molecular weight excluding hydrogens is 526 g/mol. The molecule has 2 heterocycles. The zero-order valence-electron chi connectivity index (χ0n) is 22.6. The number of nitrogens with one attached hydrogen (secondary N) is 1. The number of amides is 1. The first-order valence-corrected chi connectivity index (χ1v) is 12.8. The van der Waals surface area contributed by atoms with Gasteiger partial charge in [-0.15, -0.1) is 0 Å². The van der Waals surface area contributed by atoms with Gasteiger partial charge in [-0.25, -0.2) is 19.1 Å². The number of anilines is 1. The molecule has 0 spiro atoms. The summed E-state index contributed by atoms with van der Waals surface area (Å²) in [6.07, 6.45) is 0. The lowest BCUT2D eigenvalue weighted by Crippen LogP contribution is -2.46. The number of para-hydroxylation sites is 2. The molecule has 0 radical (unpaired) electrons. The number of hydrogen-bond acceptors (Lipinski definition) is 8. The molecule has 0 saturated heterocycles. The number of methoxy groups -OCH3 is 2. The highest BCUT2D eigenvalue weighted by atomic mass is 16.5. The zero-order chi connectivity index (χ0) is 28.9. The third kappa shape index (κ3) is 5.81. The van der Waals surface area contributed by atoms with E-state index in [2.05, 4.69) is 15.3 Å². The summed E-state index contributed by atoms with van der Waals surface area (Å²) in [5, 5.41) is 2.76. The van der Waals surface area contributed by atoms with Gasteiger partial charge in [0.2, 0.25) is 11.8 Å². The molecule has 3 N–H and O–H groups in total. The molecular formula is C29H29N7O5. The lowest BCUT2D eigenvalue weighted by Gasteiger charge is -2.15. The van der Waals surface area contributed by atoms with Crippen molar-refractivity contribution >= 4 is 22.9 Å². The molecule has 1 amide bonds. The Kier molecular flexibility index (Phi) is 7.81. The van der Waals surface area contributed by atoms with Gasteiger partial charge >= 0.3 is 11.4 Å². The summed E-state index contributed by atoms with van der Waals surface area (Å²) in [5.74, 6) is 0.662. The molecule has 0 aliphatic rings. The van der Waals surface area contributed by atoms with Gasteiger partial charge in [-0.2, -0.15) is 4.98 Å². The number of carbonyl (C=O) groups is 1. The Balaban J connectivity index is 1.44. The summed E-state index contributed by atoms with van der Waals surface area (Å²) < 4.78 is 14.4. The van der Waals surface area contributed by atoms with Crippen molar-refractivity contribution in [3.63, 3.8) is 0 Å². The topological polar surface area (TPSA) is 148 Å². The minimum Gasteiger partial charge on any atom is -0.497 e. The molecule has 12 heteroatoms. The number of nitrogens with zero attached hydrogens (tertiary/aromatic N) is 5. The van der Waals surface area contributed by atoms with Crippen LogP contribution < -0.4 is 31.9 Å². The highest BCUT2D eigenvalue weighted by Crippen LogP contribution is 2.17. The van der Waals surface area contributed by atoms with Crippen molar-refractivity contribution in [2.45, 2.75) is 19.6 Å². The standard InChI is InChI=1S/C29H29N7O5/c1-40-21-11-7-19(8-12-21)17-35-25(26(37)31-15-16-34-24-6-4-3-5-23(24)32-27(34)30)33-28(38)36(29(35)39)18-20-9-13-22(41-2)14-10-20/h3-14H,15-18H2,1-2H3,(H2,30,32)(H,31,37). The van der Waals surface area contributed by atoms with Gasteiger partial charge in [0, 0.05) is 13.1 Å². The van der Waals surface area contributed by atoms with E-state index in [0.29, 0.717) is 29.6 Å². The normalized spacial score (nSPS) is 11.0. The van der Waals surface area contributed by atoms with Crippen molar-refractivity contribution in [2.75, 3.05) is 26.5 Å². The van der Waals surface area contributed by atoms with Crippen LogP contribution in [0.3, 0.4) is 0 Å². The van der Waals surface area contributed by atoms with E-state index in [0.717, 1.165) is 21.2 Å². The Morgan fingerprint density at radius 1 is 0.805 bits per heavy atom. The number of imidazole rings is 1. The van der Waals surface area contributed by atoms with E-state index in [1.165, 1.54) is 4.57 Å². The van der Waals surface area contributed by atoms with Crippen molar-refractivity contribution in [1.82, 2.24) is 29.0 Å². The number of hydrogen-bond donors (Lipinski definition) is 2. The van der Waals surface area contributed by atoms with Crippen LogP contribution in [0.2, 0.25) is 0 Å². The highest BCUT2D eigenvalue weighted by molar-refractivity contribution is 5.90. The second-order valence-electron chi connectivity index (χ2n) is 9.24. The minimum atomic E-state index is -0.827. The van der Waals surface area contributed by atoms with Crippen LogP contribution in [0.5, 0.6) is 11.5 Å². The fourth-order valence-electron chi connectivity index (χ4n) is 4.50. The van der Waals surface area contributed by atoms with E-state index in [-0.39, 0.29) is 25.5 Å². The number of fused-ring (bicyclic) bond motifs is 1. The quantitative estimate of drug-likeness (QED) is 0.265. The maximum atomic E-state index is 13.6. The van der Waals surface area contributed by atoms with Crippen molar-refractivity contribution in [3.8, 4) is 11.5 Å². The molecule has 12 nitrogen and oxygen atoms in total. The van der Waals surface area contributed by atoms with E-state index in [9.17, 15) is 14.4 Å². The molecule has 0 fully saturated rings. The molecule has 3 aromatic carbocycles. The van der Waals surface area contributed by atoms with Gasteiger partial charge in [0.05, 0.1) is 38.3 Å². The lowest BCUT2D eigenvalue weighted by molar-refractivity contribution is 0.0934. The van der Waals surface area contributed by atoms with Crippen molar-refractivity contribution in [3.05, 3.63) is 111 Å². The Morgan fingerprint density at radius 3 is 2.00 bits per heavy atom. The van der Waals surface area contributed by atoms with Crippen LogP contribution in [0.1, 0.15) is 21.7 Å². The second-order valence-corrected chi connectivity index (χ2v) is 9.24. The Morgan fingerprint density at radius 2 is 1.39 bits per heavy atom. The summed E-state index contributed by atoms with van der Waals surface area (Å²) in [5.41, 5.74) is 7.57. The van der Waals surface area contributed by atoms with Crippen LogP contribution in [0.4, 0.5) is 5.95 Å². The summed E-state index contributed by atoms with van der Waals surface area (Å²) in [4.78, 5) is 48.3. The van der Waals surface area contributed by atoms with E-state index >= 15 is 0 Å². The van der Waals surface area contributed by atoms with Crippen LogP contribution >= 0.6 is 0 Å². The average Bonchev–Trinajstić information content (AvgIpc) is 3.31. The van der Waals surface area contributed by atoms with Gasteiger partial charge in [0.1, 0.15) is 11.5 Å². The predicted octanol–water partition coefficient (Wildman–Crippen LogP) is 1.88. The molecule has 0 atom stereocenters. The molecule has 0 bridgehead atoms. The maximum Gasteiger partial charge on any atom is 0.354 e. The predicted molar refractivity (Wildman–Crippen MR) is 153 cm³/mol.